The smallest absolute Gasteiger partial charge is 0.343 e. The summed E-state index contributed by atoms with van der Waals surface area (Å²) in [5.41, 5.74) is 1.32. The molecule has 26 heavy (non-hydrogen) atoms. The third-order valence-electron chi connectivity index (χ3n) is 3.98. The van der Waals surface area contributed by atoms with Crippen LogP contribution in [0.1, 0.15) is 15.9 Å². The second-order valence-corrected chi connectivity index (χ2v) is 7.64. The Bertz CT molecular complexity index is 942. The number of para-hydroxylation sites is 1. The molecule has 0 saturated carbocycles. The number of benzene rings is 2. The highest BCUT2D eigenvalue weighted by Gasteiger charge is 2.31. The highest BCUT2D eigenvalue weighted by atomic mass is 32.2. The number of halogens is 3. The molecule has 0 fully saturated rings. The second kappa shape index (κ2) is 6.64. The molecule has 9 heteroatoms. The molecule has 1 N–H and O–H groups in total. The van der Waals surface area contributed by atoms with E-state index in [1.807, 2.05) is 12.1 Å². The quantitative estimate of drug-likeness (QED) is 0.882. The molecule has 0 radical (unpaired) electrons. The van der Waals surface area contributed by atoms with E-state index in [-0.39, 0.29) is 17.0 Å². The van der Waals surface area contributed by atoms with E-state index < -0.39 is 28.7 Å². The molecular formula is C17H15F3N2O3S. The van der Waals surface area contributed by atoms with E-state index in [1.54, 1.807) is 17.4 Å². The van der Waals surface area contributed by atoms with Crippen LogP contribution in [0.4, 0.5) is 18.9 Å². The zero-order valence-electron chi connectivity index (χ0n) is 13.5. The predicted octanol–water partition coefficient (Wildman–Crippen LogP) is 2.73. The van der Waals surface area contributed by atoms with Crippen LogP contribution in [0.15, 0.2) is 53.4 Å². The molecule has 0 aromatic heterocycles. The monoisotopic (exact) mass is 384 g/mol. The summed E-state index contributed by atoms with van der Waals surface area (Å²) >= 11 is 0. The first kappa shape index (κ1) is 18.2. The summed E-state index contributed by atoms with van der Waals surface area (Å²) in [4.78, 5) is 11.7. The summed E-state index contributed by atoms with van der Waals surface area (Å²) < 4.78 is 63.7. The zero-order chi connectivity index (χ0) is 18.9. The van der Waals surface area contributed by atoms with E-state index in [0.29, 0.717) is 12.1 Å². The van der Waals surface area contributed by atoms with Crippen molar-refractivity contribution in [2.45, 2.75) is 17.5 Å². The van der Waals surface area contributed by atoms with Crippen LogP contribution < -0.4 is 9.62 Å². The fourth-order valence-corrected chi connectivity index (χ4v) is 4.31. The summed E-state index contributed by atoms with van der Waals surface area (Å²) in [6.45, 7) is -1.21. The minimum Gasteiger partial charge on any atom is -0.343 e. The summed E-state index contributed by atoms with van der Waals surface area (Å²) in [7, 11) is -3.92. The molecule has 1 amide bonds. The minimum absolute atomic E-state index is 0.145. The molecule has 0 aliphatic carbocycles. The van der Waals surface area contributed by atoms with Crippen molar-refractivity contribution in [2.24, 2.45) is 0 Å². The molecular weight excluding hydrogens is 369 g/mol. The standard InChI is InChI=1S/C17H15F3N2O3S/c18-17(19,20)11-21-16(23)13-5-3-6-14(10-13)26(24,25)22-9-8-12-4-1-2-7-15(12)22/h1-7,10H,8-9,11H2,(H,21,23). The Morgan fingerprint density at radius 1 is 1.12 bits per heavy atom. The molecule has 2 aromatic carbocycles. The van der Waals surface area contributed by atoms with E-state index >= 15 is 0 Å². The molecule has 0 unspecified atom stereocenters. The van der Waals surface area contributed by atoms with Crippen LogP contribution in [0.3, 0.4) is 0 Å². The van der Waals surface area contributed by atoms with Gasteiger partial charge in [-0.05, 0) is 36.2 Å². The Kier molecular flexibility index (Phi) is 4.66. The molecule has 1 heterocycles. The highest BCUT2D eigenvalue weighted by Crippen LogP contribution is 2.32. The van der Waals surface area contributed by atoms with Crippen LogP contribution in [-0.2, 0) is 16.4 Å². The Morgan fingerprint density at radius 3 is 2.58 bits per heavy atom. The molecule has 0 atom stereocenters. The Morgan fingerprint density at radius 2 is 1.85 bits per heavy atom. The van der Waals surface area contributed by atoms with Crippen molar-refractivity contribution in [2.75, 3.05) is 17.4 Å². The largest absolute Gasteiger partial charge is 0.405 e. The maximum atomic E-state index is 12.9. The lowest BCUT2D eigenvalue weighted by molar-refractivity contribution is -0.123. The van der Waals surface area contributed by atoms with E-state index in [2.05, 4.69) is 0 Å². The van der Waals surface area contributed by atoms with Gasteiger partial charge in [0.2, 0.25) is 0 Å². The van der Waals surface area contributed by atoms with Crippen molar-refractivity contribution < 1.29 is 26.4 Å². The van der Waals surface area contributed by atoms with Crippen molar-refractivity contribution >= 4 is 21.6 Å². The number of hydrogen-bond donors (Lipinski definition) is 1. The number of hydrogen-bond acceptors (Lipinski definition) is 3. The lowest BCUT2D eigenvalue weighted by Gasteiger charge is -2.20. The van der Waals surface area contributed by atoms with Crippen LogP contribution in [0.2, 0.25) is 0 Å². The Hall–Kier alpha value is -2.55. The van der Waals surface area contributed by atoms with E-state index in [0.717, 1.165) is 11.6 Å². The van der Waals surface area contributed by atoms with Crippen LogP contribution in [0.5, 0.6) is 0 Å². The number of amides is 1. The maximum absolute atomic E-state index is 12.9. The first-order valence-corrected chi connectivity index (χ1v) is 9.18. The zero-order valence-corrected chi connectivity index (χ0v) is 14.3. The van der Waals surface area contributed by atoms with Crippen molar-refractivity contribution in [3.05, 3.63) is 59.7 Å². The third-order valence-corrected chi connectivity index (χ3v) is 5.79. The fraction of sp³-hybridized carbons (Fsp3) is 0.235. The van der Waals surface area contributed by atoms with Gasteiger partial charge in [-0.15, -0.1) is 0 Å². The van der Waals surface area contributed by atoms with Gasteiger partial charge in [-0.3, -0.25) is 9.10 Å². The number of fused-ring (bicyclic) bond motifs is 1. The van der Waals surface area contributed by atoms with Crippen molar-refractivity contribution in [1.29, 1.82) is 0 Å². The van der Waals surface area contributed by atoms with Gasteiger partial charge in [-0.2, -0.15) is 13.2 Å². The van der Waals surface area contributed by atoms with Gasteiger partial charge in [0.15, 0.2) is 0 Å². The highest BCUT2D eigenvalue weighted by molar-refractivity contribution is 7.92. The minimum atomic E-state index is -4.54. The molecule has 0 bridgehead atoms. The number of anilines is 1. The lowest BCUT2D eigenvalue weighted by Crippen LogP contribution is -2.34. The predicted molar refractivity (Wildman–Crippen MR) is 89.5 cm³/mol. The average Bonchev–Trinajstić information content (AvgIpc) is 3.04. The van der Waals surface area contributed by atoms with Gasteiger partial charge in [-0.1, -0.05) is 24.3 Å². The molecule has 1 aliphatic rings. The van der Waals surface area contributed by atoms with Gasteiger partial charge in [-0.25, -0.2) is 8.42 Å². The van der Waals surface area contributed by atoms with Gasteiger partial charge in [0.25, 0.3) is 15.9 Å². The molecule has 3 rings (SSSR count). The van der Waals surface area contributed by atoms with Crippen LogP contribution in [0, 0.1) is 0 Å². The van der Waals surface area contributed by atoms with Gasteiger partial charge < -0.3 is 5.32 Å². The molecule has 1 aliphatic heterocycles. The topological polar surface area (TPSA) is 66.5 Å². The number of carbonyl (C=O) groups is 1. The van der Waals surface area contributed by atoms with Crippen LogP contribution in [0.25, 0.3) is 0 Å². The van der Waals surface area contributed by atoms with Gasteiger partial charge in [0, 0.05) is 12.1 Å². The molecule has 5 nitrogen and oxygen atoms in total. The maximum Gasteiger partial charge on any atom is 0.405 e. The number of sulfonamides is 1. The average molecular weight is 384 g/mol. The second-order valence-electron chi connectivity index (χ2n) is 5.78. The van der Waals surface area contributed by atoms with Gasteiger partial charge >= 0.3 is 6.18 Å². The molecule has 0 spiro atoms. The number of carbonyl (C=O) groups excluding carboxylic acids is 1. The van der Waals surface area contributed by atoms with Crippen LogP contribution in [-0.4, -0.2) is 33.6 Å². The third kappa shape index (κ3) is 3.67. The van der Waals surface area contributed by atoms with Crippen molar-refractivity contribution in [3.63, 3.8) is 0 Å². The van der Waals surface area contributed by atoms with Crippen molar-refractivity contribution in [3.8, 4) is 0 Å². The lowest BCUT2D eigenvalue weighted by atomic mass is 10.2. The SMILES string of the molecule is O=C(NCC(F)(F)F)c1cccc(S(=O)(=O)N2CCc3ccccc32)c1. The van der Waals surface area contributed by atoms with E-state index in [4.69, 9.17) is 0 Å². The summed E-state index contributed by atoms with van der Waals surface area (Å²) in [6.07, 6.45) is -3.97. The fourth-order valence-electron chi connectivity index (χ4n) is 2.77. The van der Waals surface area contributed by atoms with E-state index in [1.165, 1.54) is 22.5 Å². The first-order chi connectivity index (χ1) is 12.2. The summed E-state index contributed by atoms with van der Waals surface area (Å²) in [6, 6.07) is 12.1. The Balaban J connectivity index is 1.87. The van der Waals surface area contributed by atoms with Crippen molar-refractivity contribution in [1.82, 2.24) is 5.32 Å². The summed E-state index contributed by atoms with van der Waals surface area (Å²) in [5.74, 6) is -0.985. The Labute approximate surface area is 148 Å². The number of alkyl halides is 3. The van der Waals surface area contributed by atoms with Gasteiger partial charge in [0.1, 0.15) is 6.54 Å². The number of rotatable bonds is 4. The first-order valence-electron chi connectivity index (χ1n) is 7.74. The molecule has 2 aromatic rings. The van der Waals surface area contributed by atoms with Crippen LogP contribution >= 0.6 is 0 Å². The van der Waals surface area contributed by atoms with Gasteiger partial charge in [0.05, 0.1) is 10.6 Å². The molecule has 0 saturated heterocycles. The normalized spacial score (nSPS) is 14.2. The van der Waals surface area contributed by atoms with E-state index in [9.17, 15) is 26.4 Å². The number of nitrogens with one attached hydrogen (secondary N) is 1. The summed E-state index contributed by atoms with van der Waals surface area (Å²) in [5, 5.41) is 1.73. The molecule has 138 valence electrons. The number of nitrogens with zero attached hydrogens (tertiary/aromatic N) is 1.